The third-order valence-electron chi connectivity index (χ3n) is 2.63. The van der Waals surface area contributed by atoms with Gasteiger partial charge < -0.3 is 15.7 Å². The van der Waals surface area contributed by atoms with Crippen molar-refractivity contribution in [2.75, 3.05) is 11.9 Å². The monoisotopic (exact) mass is 288 g/mol. The van der Waals surface area contributed by atoms with E-state index in [0.717, 1.165) is 0 Å². The maximum atomic E-state index is 12.9. The van der Waals surface area contributed by atoms with Gasteiger partial charge in [-0.3, -0.25) is 0 Å². The van der Waals surface area contributed by atoms with Gasteiger partial charge in [-0.05, 0) is 23.6 Å². The van der Waals surface area contributed by atoms with Gasteiger partial charge in [0, 0.05) is 12.2 Å². The first kappa shape index (κ1) is 15.7. The lowest BCUT2D eigenvalue weighted by molar-refractivity contribution is 0.0654. The van der Waals surface area contributed by atoms with Crippen LogP contribution in [0, 0.1) is 11.2 Å². The van der Waals surface area contributed by atoms with Crippen LogP contribution in [0.5, 0.6) is 0 Å². The van der Waals surface area contributed by atoms with Crippen LogP contribution in [0.1, 0.15) is 20.8 Å². The van der Waals surface area contributed by atoms with Crippen LogP contribution in [-0.4, -0.2) is 23.8 Å². The summed E-state index contributed by atoms with van der Waals surface area (Å²) in [6.07, 6.45) is -0.657. The Bertz CT molecular complexity index is 460. The van der Waals surface area contributed by atoms with E-state index < -0.39 is 18.0 Å². The number of aliphatic hydroxyl groups is 1. The van der Waals surface area contributed by atoms with Crippen LogP contribution in [0.3, 0.4) is 0 Å². The predicted molar refractivity (Wildman–Crippen MR) is 73.9 cm³/mol. The highest BCUT2D eigenvalue weighted by atomic mass is 35.5. The summed E-state index contributed by atoms with van der Waals surface area (Å²) in [5, 5.41) is 14.7. The Balaban J connectivity index is 2.49. The topological polar surface area (TPSA) is 61.4 Å². The van der Waals surface area contributed by atoms with Gasteiger partial charge in [-0.15, -0.1) is 0 Å². The second-order valence-corrected chi connectivity index (χ2v) is 5.75. The van der Waals surface area contributed by atoms with Crippen molar-refractivity contribution in [1.82, 2.24) is 5.32 Å². The van der Waals surface area contributed by atoms with Crippen molar-refractivity contribution in [3.8, 4) is 0 Å². The first-order valence-corrected chi connectivity index (χ1v) is 6.26. The number of carbonyl (C=O) groups excluding carboxylic acids is 1. The van der Waals surface area contributed by atoms with Crippen LogP contribution in [0.4, 0.5) is 14.9 Å². The average molecular weight is 289 g/mol. The largest absolute Gasteiger partial charge is 0.391 e. The maximum absolute atomic E-state index is 12.9. The molecule has 0 saturated heterocycles. The number of hydrogen-bond acceptors (Lipinski definition) is 2. The van der Waals surface area contributed by atoms with Gasteiger partial charge in [0.1, 0.15) is 5.82 Å². The molecule has 2 amide bonds. The highest BCUT2D eigenvalue weighted by molar-refractivity contribution is 6.31. The minimum Gasteiger partial charge on any atom is -0.391 e. The summed E-state index contributed by atoms with van der Waals surface area (Å²) in [6.45, 7) is 5.75. The van der Waals surface area contributed by atoms with Crippen LogP contribution in [0.25, 0.3) is 0 Å². The van der Waals surface area contributed by atoms with Gasteiger partial charge >= 0.3 is 6.03 Å². The lowest BCUT2D eigenvalue weighted by Crippen LogP contribution is -2.40. The molecule has 1 aromatic rings. The first-order chi connectivity index (χ1) is 8.70. The molecule has 0 radical (unpaired) electrons. The third kappa shape index (κ3) is 5.04. The van der Waals surface area contributed by atoms with Gasteiger partial charge in [0.25, 0.3) is 0 Å². The number of carbonyl (C=O) groups is 1. The van der Waals surface area contributed by atoms with Gasteiger partial charge in [-0.2, -0.15) is 0 Å². The Labute approximate surface area is 117 Å². The molecular weight excluding hydrogens is 271 g/mol. The van der Waals surface area contributed by atoms with Gasteiger partial charge in [0.05, 0.1) is 11.1 Å². The molecular formula is C13H18ClFN2O2. The molecule has 0 bridgehead atoms. The van der Waals surface area contributed by atoms with E-state index in [1.54, 1.807) is 0 Å². The second kappa shape index (κ2) is 6.21. The molecule has 3 N–H and O–H groups in total. The molecule has 6 heteroatoms. The summed E-state index contributed by atoms with van der Waals surface area (Å²) in [5.74, 6) is -0.546. The summed E-state index contributed by atoms with van der Waals surface area (Å²) < 4.78 is 12.9. The molecule has 0 fully saturated rings. The zero-order valence-corrected chi connectivity index (χ0v) is 11.9. The number of aliphatic hydroxyl groups excluding tert-OH is 1. The molecule has 1 atom stereocenters. The molecule has 0 spiro atoms. The predicted octanol–water partition coefficient (Wildman–Crippen LogP) is 3.01. The zero-order chi connectivity index (χ0) is 14.6. The standard InChI is InChI=1S/C13H18ClFN2O2/c1-13(2,3)11(18)7-16-12(19)17-8-4-5-10(15)9(14)6-8/h4-6,11,18H,7H2,1-3H3,(H2,16,17,19). The van der Waals surface area contributed by atoms with E-state index in [4.69, 9.17) is 11.6 Å². The fourth-order valence-electron chi connectivity index (χ4n) is 1.24. The van der Waals surface area contributed by atoms with E-state index in [-0.39, 0.29) is 17.0 Å². The highest BCUT2D eigenvalue weighted by Crippen LogP contribution is 2.20. The molecule has 0 heterocycles. The van der Waals surface area contributed by atoms with Crippen LogP contribution < -0.4 is 10.6 Å². The van der Waals surface area contributed by atoms with E-state index in [1.165, 1.54) is 18.2 Å². The van der Waals surface area contributed by atoms with Crippen molar-refractivity contribution in [1.29, 1.82) is 0 Å². The Morgan fingerprint density at radius 2 is 2.11 bits per heavy atom. The number of urea groups is 1. The van der Waals surface area contributed by atoms with Crippen LogP contribution in [-0.2, 0) is 0 Å². The van der Waals surface area contributed by atoms with Crippen molar-refractivity contribution in [3.05, 3.63) is 29.0 Å². The number of anilines is 1. The second-order valence-electron chi connectivity index (χ2n) is 5.35. The molecule has 0 aliphatic heterocycles. The minimum absolute atomic E-state index is 0.0625. The zero-order valence-electron chi connectivity index (χ0n) is 11.1. The summed E-state index contributed by atoms with van der Waals surface area (Å²) in [5.41, 5.74) is 0.0704. The molecule has 0 aromatic heterocycles. The normalized spacial score (nSPS) is 12.9. The van der Waals surface area contributed by atoms with E-state index in [9.17, 15) is 14.3 Å². The van der Waals surface area contributed by atoms with Crippen molar-refractivity contribution in [2.45, 2.75) is 26.9 Å². The van der Waals surface area contributed by atoms with E-state index in [1.807, 2.05) is 20.8 Å². The van der Waals surface area contributed by atoms with Crippen molar-refractivity contribution < 1.29 is 14.3 Å². The molecule has 1 rings (SSSR count). The molecule has 0 aliphatic rings. The van der Waals surface area contributed by atoms with Crippen LogP contribution >= 0.6 is 11.6 Å². The van der Waals surface area contributed by atoms with Gasteiger partial charge in [0.15, 0.2) is 0 Å². The number of benzene rings is 1. The lowest BCUT2D eigenvalue weighted by Gasteiger charge is -2.25. The Kier molecular flexibility index (Phi) is 5.14. The Morgan fingerprint density at radius 3 is 2.63 bits per heavy atom. The van der Waals surface area contributed by atoms with Crippen molar-refractivity contribution in [2.24, 2.45) is 5.41 Å². The summed E-state index contributed by atoms with van der Waals surface area (Å²) in [7, 11) is 0. The molecule has 4 nitrogen and oxygen atoms in total. The molecule has 1 unspecified atom stereocenters. The maximum Gasteiger partial charge on any atom is 0.319 e. The third-order valence-corrected chi connectivity index (χ3v) is 2.92. The van der Waals surface area contributed by atoms with Crippen molar-refractivity contribution >= 4 is 23.3 Å². The van der Waals surface area contributed by atoms with E-state index >= 15 is 0 Å². The highest BCUT2D eigenvalue weighted by Gasteiger charge is 2.22. The van der Waals surface area contributed by atoms with Crippen LogP contribution in [0.15, 0.2) is 18.2 Å². The lowest BCUT2D eigenvalue weighted by atomic mass is 9.89. The number of hydrogen-bond donors (Lipinski definition) is 3. The molecule has 19 heavy (non-hydrogen) atoms. The number of nitrogens with one attached hydrogen (secondary N) is 2. The van der Waals surface area contributed by atoms with E-state index in [2.05, 4.69) is 10.6 Å². The Morgan fingerprint density at radius 1 is 1.47 bits per heavy atom. The first-order valence-electron chi connectivity index (χ1n) is 5.88. The number of halogens is 2. The van der Waals surface area contributed by atoms with Crippen LogP contribution in [0.2, 0.25) is 5.02 Å². The number of rotatable bonds is 3. The smallest absolute Gasteiger partial charge is 0.319 e. The average Bonchev–Trinajstić information content (AvgIpc) is 2.29. The van der Waals surface area contributed by atoms with E-state index in [0.29, 0.717) is 5.69 Å². The van der Waals surface area contributed by atoms with Gasteiger partial charge in [0.2, 0.25) is 0 Å². The van der Waals surface area contributed by atoms with Gasteiger partial charge in [-0.1, -0.05) is 32.4 Å². The molecule has 1 aromatic carbocycles. The fourth-order valence-corrected chi connectivity index (χ4v) is 1.43. The molecule has 0 aliphatic carbocycles. The summed E-state index contributed by atoms with van der Waals surface area (Å²) in [4.78, 5) is 11.6. The minimum atomic E-state index is -0.657. The number of amides is 2. The fraction of sp³-hybridized carbons (Fsp3) is 0.462. The molecule has 106 valence electrons. The SMILES string of the molecule is CC(C)(C)C(O)CNC(=O)Nc1ccc(F)c(Cl)c1. The molecule has 0 saturated carbocycles. The van der Waals surface area contributed by atoms with Crippen molar-refractivity contribution in [3.63, 3.8) is 0 Å². The summed E-state index contributed by atoms with van der Waals surface area (Å²) >= 11 is 5.60. The van der Waals surface area contributed by atoms with Gasteiger partial charge in [-0.25, -0.2) is 9.18 Å². The summed E-state index contributed by atoms with van der Waals surface area (Å²) in [6, 6.07) is 3.41. The Hall–Kier alpha value is -1.33. The quantitative estimate of drug-likeness (QED) is 0.801.